The molecular weight excluding hydrogens is 252 g/mol. The van der Waals surface area contributed by atoms with E-state index in [0.29, 0.717) is 23.7 Å². The van der Waals surface area contributed by atoms with E-state index < -0.39 is 0 Å². The van der Waals surface area contributed by atoms with Gasteiger partial charge < -0.3 is 15.7 Å². The highest BCUT2D eigenvalue weighted by Gasteiger charge is 2.03. The minimum atomic E-state index is -0.272. The summed E-state index contributed by atoms with van der Waals surface area (Å²) >= 11 is 5.74. The Morgan fingerprint density at radius 3 is 2.67 bits per heavy atom. The monoisotopic (exact) mass is 270 g/mol. The van der Waals surface area contributed by atoms with Gasteiger partial charge in [0.1, 0.15) is 0 Å². The first-order valence-corrected chi connectivity index (χ1v) is 6.48. The van der Waals surface area contributed by atoms with E-state index in [1.807, 2.05) is 6.92 Å². The van der Waals surface area contributed by atoms with Crippen molar-refractivity contribution in [1.29, 1.82) is 0 Å². The molecule has 1 aromatic rings. The summed E-state index contributed by atoms with van der Waals surface area (Å²) < 4.78 is 0. The average Bonchev–Trinajstić information content (AvgIpc) is 2.37. The number of hydrogen-bond acceptors (Lipinski definition) is 2. The van der Waals surface area contributed by atoms with Crippen molar-refractivity contribution in [2.75, 3.05) is 11.9 Å². The summed E-state index contributed by atoms with van der Waals surface area (Å²) in [7, 11) is 0. The summed E-state index contributed by atoms with van der Waals surface area (Å²) in [5, 5.41) is 15.4. The van der Waals surface area contributed by atoms with E-state index in [2.05, 4.69) is 10.6 Å². The van der Waals surface area contributed by atoms with E-state index in [1.54, 1.807) is 24.3 Å². The van der Waals surface area contributed by atoms with Gasteiger partial charge in [0, 0.05) is 17.3 Å². The molecule has 5 heteroatoms. The number of aliphatic hydroxyl groups is 1. The van der Waals surface area contributed by atoms with E-state index in [0.717, 1.165) is 12.8 Å². The highest BCUT2D eigenvalue weighted by Crippen LogP contribution is 2.13. The summed E-state index contributed by atoms with van der Waals surface area (Å²) in [6.07, 6.45) is 1.95. The van der Waals surface area contributed by atoms with Crippen LogP contribution in [0.2, 0.25) is 5.02 Å². The van der Waals surface area contributed by atoms with Crippen molar-refractivity contribution in [1.82, 2.24) is 5.32 Å². The van der Waals surface area contributed by atoms with Gasteiger partial charge in [0.15, 0.2) is 0 Å². The average molecular weight is 271 g/mol. The number of rotatable bonds is 6. The Kier molecular flexibility index (Phi) is 6.54. The lowest BCUT2D eigenvalue weighted by molar-refractivity contribution is 0.157. The van der Waals surface area contributed by atoms with E-state index in [4.69, 9.17) is 11.6 Å². The quantitative estimate of drug-likeness (QED) is 0.696. The van der Waals surface area contributed by atoms with E-state index in [9.17, 15) is 9.90 Å². The maximum atomic E-state index is 11.5. The standard InChI is InChI=1S/C13H19ClN2O2/c1-2-12(17)4-3-9-15-13(18)16-11-7-5-10(14)6-8-11/h5-8,12,17H,2-4,9H2,1H3,(H2,15,16,18)/t12-/m1/s1. The van der Waals surface area contributed by atoms with Gasteiger partial charge in [-0.3, -0.25) is 0 Å². The zero-order valence-corrected chi connectivity index (χ0v) is 11.2. The zero-order valence-electron chi connectivity index (χ0n) is 10.4. The maximum absolute atomic E-state index is 11.5. The summed E-state index contributed by atoms with van der Waals surface area (Å²) in [5.74, 6) is 0. The minimum absolute atomic E-state index is 0.247. The molecule has 18 heavy (non-hydrogen) atoms. The second-order valence-electron chi connectivity index (χ2n) is 4.09. The smallest absolute Gasteiger partial charge is 0.319 e. The topological polar surface area (TPSA) is 61.4 Å². The molecule has 0 aliphatic carbocycles. The summed E-state index contributed by atoms with van der Waals surface area (Å²) in [5.41, 5.74) is 0.700. The molecule has 0 aromatic heterocycles. The number of anilines is 1. The van der Waals surface area contributed by atoms with E-state index >= 15 is 0 Å². The Labute approximate surface area is 112 Å². The Morgan fingerprint density at radius 1 is 1.39 bits per heavy atom. The van der Waals surface area contributed by atoms with Gasteiger partial charge in [0.05, 0.1) is 6.10 Å². The highest BCUT2D eigenvalue weighted by atomic mass is 35.5. The SMILES string of the molecule is CC[C@@H](O)CCCNC(=O)Nc1ccc(Cl)cc1. The van der Waals surface area contributed by atoms with Crippen molar-refractivity contribution in [2.45, 2.75) is 32.3 Å². The molecule has 0 saturated carbocycles. The molecule has 0 saturated heterocycles. The molecule has 3 N–H and O–H groups in total. The number of amides is 2. The van der Waals surface area contributed by atoms with Crippen LogP contribution >= 0.6 is 11.6 Å². The third kappa shape index (κ3) is 5.89. The first-order valence-electron chi connectivity index (χ1n) is 6.10. The highest BCUT2D eigenvalue weighted by molar-refractivity contribution is 6.30. The van der Waals surface area contributed by atoms with E-state index in [1.165, 1.54) is 0 Å². The van der Waals surface area contributed by atoms with Gasteiger partial charge in [-0.25, -0.2) is 4.79 Å². The number of aliphatic hydroxyl groups excluding tert-OH is 1. The van der Waals surface area contributed by atoms with Crippen LogP contribution in [-0.4, -0.2) is 23.8 Å². The van der Waals surface area contributed by atoms with Crippen LogP contribution < -0.4 is 10.6 Å². The summed E-state index contributed by atoms with van der Waals surface area (Å²) in [6.45, 7) is 2.49. The van der Waals surface area contributed by atoms with Gasteiger partial charge in [-0.2, -0.15) is 0 Å². The molecule has 0 unspecified atom stereocenters. The van der Waals surface area contributed by atoms with Gasteiger partial charge in [-0.05, 0) is 43.5 Å². The number of carbonyl (C=O) groups is 1. The molecule has 0 fully saturated rings. The van der Waals surface area contributed by atoms with Crippen molar-refractivity contribution >= 4 is 23.3 Å². The van der Waals surface area contributed by atoms with Crippen LogP contribution in [0.15, 0.2) is 24.3 Å². The fourth-order valence-electron chi connectivity index (χ4n) is 1.45. The number of hydrogen-bond donors (Lipinski definition) is 3. The largest absolute Gasteiger partial charge is 0.393 e. The normalized spacial score (nSPS) is 11.9. The van der Waals surface area contributed by atoms with Gasteiger partial charge in [-0.15, -0.1) is 0 Å². The molecular formula is C13H19ClN2O2. The molecule has 1 atom stereocenters. The zero-order chi connectivity index (χ0) is 13.4. The Morgan fingerprint density at radius 2 is 2.06 bits per heavy atom. The third-order valence-electron chi connectivity index (χ3n) is 2.57. The number of urea groups is 1. The first-order chi connectivity index (χ1) is 8.61. The van der Waals surface area contributed by atoms with Gasteiger partial charge >= 0.3 is 6.03 Å². The van der Waals surface area contributed by atoms with Crippen LogP contribution in [-0.2, 0) is 0 Å². The molecule has 1 rings (SSSR count). The van der Waals surface area contributed by atoms with Crippen LogP contribution in [0.25, 0.3) is 0 Å². The molecule has 0 aliphatic rings. The Hall–Kier alpha value is -1.26. The Bertz CT molecular complexity index is 368. The number of nitrogens with one attached hydrogen (secondary N) is 2. The van der Waals surface area contributed by atoms with Crippen molar-refractivity contribution in [3.05, 3.63) is 29.3 Å². The van der Waals surface area contributed by atoms with Crippen molar-refractivity contribution < 1.29 is 9.90 Å². The molecule has 0 radical (unpaired) electrons. The molecule has 0 spiro atoms. The number of carbonyl (C=O) groups excluding carboxylic acids is 1. The molecule has 0 aliphatic heterocycles. The van der Waals surface area contributed by atoms with Gasteiger partial charge in [0.25, 0.3) is 0 Å². The summed E-state index contributed by atoms with van der Waals surface area (Å²) in [4.78, 5) is 11.5. The predicted octanol–water partition coefficient (Wildman–Crippen LogP) is 3.01. The van der Waals surface area contributed by atoms with Crippen molar-refractivity contribution in [3.8, 4) is 0 Å². The third-order valence-corrected chi connectivity index (χ3v) is 2.82. The number of benzene rings is 1. The van der Waals surface area contributed by atoms with Crippen LogP contribution in [0, 0.1) is 0 Å². The lowest BCUT2D eigenvalue weighted by Gasteiger charge is -2.09. The summed E-state index contributed by atoms with van der Waals surface area (Å²) in [6, 6.07) is 6.66. The van der Waals surface area contributed by atoms with Gasteiger partial charge in [0.2, 0.25) is 0 Å². The first kappa shape index (κ1) is 14.8. The van der Waals surface area contributed by atoms with Crippen LogP contribution in [0.4, 0.5) is 10.5 Å². The van der Waals surface area contributed by atoms with Crippen molar-refractivity contribution in [2.24, 2.45) is 0 Å². The van der Waals surface area contributed by atoms with Gasteiger partial charge in [-0.1, -0.05) is 18.5 Å². The fourth-order valence-corrected chi connectivity index (χ4v) is 1.58. The molecule has 1 aromatic carbocycles. The predicted molar refractivity (Wildman–Crippen MR) is 74.0 cm³/mol. The number of halogens is 1. The molecule has 2 amide bonds. The second kappa shape index (κ2) is 7.95. The van der Waals surface area contributed by atoms with Crippen LogP contribution in [0.1, 0.15) is 26.2 Å². The lowest BCUT2D eigenvalue weighted by atomic mass is 10.1. The lowest BCUT2D eigenvalue weighted by Crippen LogP contribution is -2.29. The molecule has 0 bridgehead atoms. The van der Waals surface area contributed by atoms with Crippen LogP contribution in [0.5, 0.6) is 0 Å². The molecule has 4 nitrogen and oxygen atoms in total. The van der Waals surface area contributed by atoms with E-state index in [-0.39, 0.29) is 12.1 Å². The Balaban J connectivity index is 2.19. The van der Waals surface area contributed by atoms with Crippen LogP contribution in [0.3, 0.4) is 0 Å². The second-order valence-corrected chi connectivity index (χ2v) is 4.53. The fraction of sp³-hybridized carbons (Fsp3) is 0.462. The maximum Gasteiger partial charge on any atom is 0.319 e. The molecule has 0 heterocycles. The minimum Gasteiger partial charge on any atom is -0.393 e. The molecule has 100 valence electrons. The van der Waals surface area contributed by atoms with Crippen molar-refractivity contribution in [3.63, 3.8) is 0 Å².